The molecule has 0 radical (unpaired) electrons. The molecule has 4 nitrogen and oxygen atoms in total. The van der Waals surface area contributed by atoms with Crippen LogP contribution in [0.15, 0.2) is 45.4 Å². The number of aryl methyl sites for hydroxylation is 2. The number of rotatable bonds is 3. The van der Waals surface area contributed by atoms with Gasteiger partial charge in [0.1, 0.15) is 5.69 Å². The van der Waals surface area contributed by atoms with Gasteiger partial charge in [0.2, 0.25) is 5.91 Å². The highest BCUT2D eigenvalue weighted by molar-refractivity contribution is 9.10. The molecule has 0 bridgehead atoms. The third kappa shape index (κ3) is 3.04. The average Bonchev–Trinajstić information content (AvgIpc) is 2.85. The average molecular weight is 359 g/mol. The van der Waals surface area contributed by atoms with Crippen LogP contribution in [-0.2, 0) is 11.2 Å². The van der Waals surface area contributed by atoms with Gasteiger partial charge in [-0.15, -0.1) is 0 Å². The van der Waals surface area contributed by atoms with Crippen molar-refractivity contribution in [3.8, 4) is 0 Å². The number of nitrogens with one attached hydrogen (secondary N) is 1. The molecule has 112 valence electrons. The summed E-state index contributed by atoms with van der Waals surface area (Å²) in [6, 6.07) is 11.5. The first-order chi connectivity index (χ1) is 10.5. The van der Waals surface area contributed by atoms with Crippen molar-refractivity contribution in [2.24, 2.45) is 0 Å². The summed E-state index contributed by atoms with van der Waals surface area (Å²) in [5.74, 6) is -0.114. The molecule has 2 aromatic carbocycles. The van der Waals surface area contributed by atoms with Gasteiger partial charge in [-0.05, 0) is 55.3 Å². The molecule has 0 aliphatic heterocycles. The van der Waals surface area contributed by atoms with E-state index in [1.807, 2.05) is 50.2 Å². The summed E-state index contributed by atoms with van der Waals surface area (Å²) >= 11 is 3.37. The van der Waals surface area contributed by atoms with Crippen LogP contribution < -0.4 is 5.32 Å². The second-order valence-corrected chi connectivity index (χ2v) is 6.24. The van der Waals surface area contributed by atoms with Gasteiger partial charge in [-0.2, -0.15) is 0 Å². The third-order valence-electron chi connectivity index (χ3n) is 3.43. The number of hydrogen-bond donors (Lipinski definition) is 1. The van der Waals surface area contributed by atoms with Crippen molar-refractivity contribution in [1.29, 1.82) is 0 Å². The van der Waals surface area contributed by atoms with Crippen molar-refractivity contribution in [1.82, 2.24) is 5.16 Å². The van der Waals surface area contributed by atoms with Crippen LogP contribution in [-0.4, -0.2) is 11.1 Å². The van der Waals surface area contributed by atoms with Gasteiger partial charge in [-0.3, -0.25) is 4.79 Å². The Morgan fingerprint density at radius 1 is 1.23 bits per heavy atom. The standard InChI is InChI=1S/C17H15BrN2O2/c1-10-7-11(2)17-14(8-10)15(20-22-17)9-16(21)19-13-5-3-12(18)4-6-13/h3-8H,9H2,1-2H3,(H,19,21). The molecule has 1 amide bonds. The van der Waals surface area contributed by atoms with Gasteiger partial charge in [0.25, 0.3) is 0 Å². The van der Waals surface area contributed by atoms with Crippen molar-refractivity contribution < 1.29 is 9.32 Å². The fourth-order valence-electron chi connectivity index (χ4n) is 2.46. The molecule has 0 saturated carbocycles. The first kappa shape index (κ1) is 14.8. The van der Waals surface area contributed by atoms with Crippen LogP contribution in [0.2, 0.25) is 0 Å². The lowest BCUT2D eigenvalue weighted by Gasteiger charge is -2.04. The van der Waals surface area contributed by atoms with Gasteiger partial charge in [-0.25, -0.2) is 0 Å². The van der Waals surface area contributed by atoms with E-state index >= 15 is 0 Å². The monoisotopic (exact) mass is 358 g/mol. The van der Waals surface area contributed by atoms with E-state index in [2.05, 4.69) is 26.4 Å². The second-order valence-electron chi connectivity index (χ2n) is 5.32. The van der Waals surface area contributed by atoms with Crippen LogP contribution in [0.25, 0.3) is 11.0 Å². The summed E-state index contributed by atoms with van der Waals surface area (Å²) in [7, 11) is 0. The molecule has 0 saturated heterocycles. The Morgan fingerprint density at radius 2 is 1.95 bits per heavy atom. The minimum atomic E-state index is -0.114. The highest BCUT2D eigenvalue weighted by atomic mass is 79.9. The van der Waals surface area contributed by atoms with Crippen molar-refractivity contribution in [3.05, 3.63) is 57.7 Å². The molecule has 1 aromatic heterocycles. The quantitative estimate of drug-likeness (QED) is 0.755. The van der Waals surface area contributed by atoms with Crippen LogP contribution in [0.5, 0.6) is 0 Å². The van der Waals surface area contributed by atoms with E-state index in [1.165, 1.54) is 0 Å². The Morgan fingerprint density at radius 3 is 2.68 bits per heavy atom. The Hall–Kier alpha value is -2.14. The lowest BCUT2D eigenvalue weighted by molar-refractivity contribution is -0.115. The minimum Gasteiger partial charge on any atom is -0.356 e. The Bertz CT molecular complexity index is 838. The highest BCUT2D eigenvalue weighted by Crippen LogP contribution is 2.24. The number of nitrogens with zero attached hydrogens (tertiary/aromatic N) is 1. The maximum absolute atomic E-state index is 12.2. The van der Waals surface area contributed by atoms with Gasteiger partial charge in [0.15, 0.2) is 5.58 Å². The summed E-state index contributed by atoms with van der Waals surface area (Å²) in [6.07, 6.45) is 0.186. The van der Waals surface area contributed by atoms with Crippen LogP contribution in [0.3, 0.4) is 0 Å². The molecule has 3 rings (SSSR count). The number of hydrogen-bond acceptors (Lipinski definition) is 3. The number of anilines is 1. The number of fused-ring (bicyclic) bond motifs is 1. The summed E-state index contributed by atoms with van der Waals surface area (Å²) in [6.45, 7) is 4.00. The fourth-order valence-corrected chi connectivity index (χ4v) is 2.72. The zero-order chi connectivity index (χ0) is 15.7. The molecular weight excluding hydrogens is 344 g/mol. The molecule has 0 fully saturated rings. The van der Waals surface area contributed by atoms with E-state index < -0.39 is 0 Å². The van der Waals surface area contributed by atoms with Gasteiger partial charge >= 0.3 is 0 Å². The Kier molecular flexibility index (Phi) is 3.98. The van der Waals surface area contributed by atoms with Gasteiger partial charge in [0, 0.05) is 15.5 Å². The van der Waals surface area contributed by atoms with Crippen molar-refractivity contribution in [2.45, 2.75) is 20.3 Å². The maximum atomic E-state index is 12.2. The van der Waals surface area contributed by atoms with Gasteiger partial charge in [0.05, 0.1) is 6.42 Å². The van der Waals surface area contributed by atoms with E-state index in [4.69, 9.17) is 4.52 Å². The molecule has 22 heavy (non-hydrogen) atoms. The SMILES string of the molecule is Cc1cc(C)c2onc(CC(=O)Nc3ccc(Br)cc3)c2c1. The highest BCUT2D eigenvalue weighted by Gasteiger charge is 2.14. The number of halogens is 1. The Labute approximate surface area is 136 Å². The molecule has 1 N–H and O–H groups in total. The predicted molar refractivity (Wildman–Crippen MR) is 90.0 cm³/mol. The molecule has 0 aliphatic rings. The second kappa shape index (κ2) is 5.93. The van der Waals surface area contributed by atoms with Crippen LogP contribution in [0.1, 0.15) is 16.8 Å². The van der Waals surface area contributed by atoms with Crippen LogP contribution >= 0.6 is 15.9 Å². The van der Waals surface area contributed by atoms with Gasteiger partial charge < -0.3 is 9.84 Å². The van der Waals surface area contributed by atoms with Crippen LogP contribution in [0.4, 0.5) is 5.69 Å². The molecule has 1 heterocycles. The summed E-state index contributed by atoms with van der Waals surface area (Å²) in [5.41, 5.74) is 4.33. The van der Waals surface area contributed by atoms with E-state index in [1.54, 1.807) is 0 Å². The Balaban J connectivity index is 1.81. The molecule has 0 atom stereocenters. The maximum Gasteiger partial charge on any atom is 0.230 e. The number of benzene rings is 2. The molecular formula is C17H15BrN2O2. The normalized spacial score (nSPS) is 10.9. The molecule has 0 spiro atoms. The number of aromatic nitrogens is 1. The minimum absolute atomic E-state index is 0.114. The summed E-state index contributed by atoms with van der Waals surface area (Å²) in [4.78, 5) is 12.2. The first-order valence-corrected chi connectivity index (χ1v) is 7.73. The lowest BCUT2D eigenvalue weighted by atomic mass is 10.1. The number of carbonyl (C=O) groups excluding carboxylic acids is 1. The van der Waals surface area contributed by atoms with E-state index in [0.717, 1.165) is 32.3 Å². The topological polar surface area (TPSA) is 55.1 Å². The molecule has 5 heteroatoms. The predicted octanol–water partition coefficient (Wildman–Crippen LogP) is 4.39. The smallest absolute Gasteiger partial charge is 0.230 e. The zero-order valence-electron chi connectivity index (χ0n) is 12.3. The van der Waals surface area contributed by atoms with Gasteiger partial charge in [-0.1, -0.05) is 27.2 Å². The zero-order valence-corrected chi connectivity index (χ0v) is 13.9. The molecule has 0 aliphatic carbocycles. The first-order valence-electron chi connectivity index (χ1n) is 6.94. The summed E-state index contributed by atoms with van der Waals surface area (Å²) in [5, 5.41) is 7.82. The fraction of sp³-hybridized carbons (Fsp3) is 0.176. The van der Waals surface area contributed by atoms with Crippen molar-refractivity contribution in [2.75, 3.05) is 5.32 Å². The molecule has 0 unspecified atom stereocenters. The summed E-state index contributed by atoms with van der Waals surface area (Å²) < 4.78 is 6.34. The van der Waals surface area contributed by atoms with E-state index in [-0.39, 0.29) is 12.3 Å². The largest absolute Gasteiger partial charge is 0.356 e. The lowest BCUT2D eigenvalue weighted by Crippen LogP contribution is -2.14. The van der Waals surface area contributed by atoms with Crippen molar-refractivity contribution >= 4 is 38.5 Å². The van der Waals surface area contributed by atoms with Crippen molar-refractivity contribution in [3.63, 3.8) is 0 Å². The number of carbonyl (C=O) groups is 1. The van der Waals surface area contributed by atoms with Crippen LogP contribution in [0, 0.1) is 13.8 Å². The van der Waals surface area contributed by atoms with E-state index in [0.29, 0.717) is 5.69 Å². The molecule has 3 aromatic rings. The number of amides is 1. The van der Waals surface area contributed by atoms with E-state index in [9.17, 15) is 4.79 Å². The third-order valence-corrected chi connectivity index (χ3v) is 3.96.